The van der Waals surface area contributed by atoms with E-state index in [1.54, 1.807) is 0 Å². The maximum absolute atomic E-state index is 14.3. The van der Waals surface area contributed by atoms with E-state index < -0.39 is 23.8 Å². The van der Waals surface area contributed by atoms with Gasteiger partial charge in [0.25, 0.3) is 0 Å². The fourth-order valence-electron chi connectivity index (χ4n) is 3.55. The van der Waals surface area contributed by atoms with E-state index in [0.29, 0.717) is 12.0 Å². The lowest BCUT2D eigenvalue weighted by Gasteiger charge is -2.20. The van der Waals surface area contributed by atoms with E-state index in [9.17, 15) is 8.78 Å². The number of hydrogen-bond acceptors (Lipinski definition) is 3. The third-order valence-corrected chi connectivity index (χ3v) is 5.25. The highest BCUT2D eigenvalue weighted by atomic mass is 19.1. The van der Waals surface area contributed by atoms with Gasteiger partial charge in [0.15, 0.2) is 0 Å². The molecule has 1 heterocycles. The largest absolute Gasteiger partial charge is 0.491 e. The van der Waals surface area contributed by atoms with E-state index in [1.807, 2.05) is 62.4 Å². The second-order valence-electron chi connectivity index (χ2n) is 7.66. The van der Waals surface area contributed by atoms with Crippen molar-refractivity contribution in [3.63, 3.8) is 0 Å². The van der Waals surface area contributed by atoms with Crippen LogP contribution in [0.4, 0.5) is 8.78 Å². The molecule has 3 aromatic carbocycles. The van der Waals surface area contributed by atoms with Gasteiger partial charge in [0.2, 0.25) is 0 Å². The maximum Gasteiger partial charge on any atom is 0.131 e. The van der Waals surface area contributed by atoms with Crippen molar-refractivity contribution >= 4 is 0 Å². The molecule has 0 spiro atoms. The molecule has 30 heavy (non-hydrogen) atoms. The van der Waals surface area contributed by atoms with Crippen molar-refractivity contribution in [1.29, 1.82) is 0 Å². The van der Waals surface area contributed by atoms with E-state index in [4.69, 9.17) is 14.2 Å². The summed E-state index contributed by atoms with van der Waals surface area (Å²) in [4.78, 5) is 0. The molecule has 0 amide bonds. The first-order chi connectivity index (χ1) is 14.5. The fourth-order valence-corrected chi connectivity index (χ4v) is 3.55. The normalized spacial score (nSPS) is 20.9. The lowest BCUT2D eigenvalue weighted by molar-refractivity contribution is -0.0117. The molecular weight excluding hydrogens is 386 g/mol. The van der Waals surface area contributed by atoms with Crippen LogP contribution in [0.15, 0.2) is 66.7 Å². The molecule has 0 aromatic heterocycles. The van der Waals surface area contributed by atoms with Crippen LogP contribution in [-0.2, 0) is 4.74 Å². The van der Waals surface area contributed by atoms with Gasteiger partial charge >= 0.3 is 0 Å². The smallest absolute Gasteiger partial charge is 0.131 e. The first kappa shape index (κ1) is 20.4. The van der Waals surface area contributed by atoms with Crippen molar-refractivity contribution < 1.29 is 23.0 Å². The van der Waals surface area contributed by atoms with E-state index in [-0.39, 0.29) is 12.7 Å². The van der Waals surface area contributed by atoms with Crippen LogP contribution >= 0.6 is 0 Å². The number of ether oxygens (including phenoxy) is 3. The molecule has 0 unspecified atom stereocenters. The van der Waals surface area contributed by atoms with E-state index in [1.165, 1.54) is 12.1 Å². The summed E-state index contributed by atoms with van der Waals surface area (Å²) in [6.45, 7) is 4.28. The Morgan fingerprint density at radius 3 is 2.13 bits per heavy atom. The zero-order valence-electron chi connectivity index (χ0n) is 17.0. The van der Waals surface area contributed by atoms with Crippen LogP contribution in [0.1, 0.15) is 29.2 Å². The topological polar surface area (TPSA) is 27.7 Å². The van der Waals surface area contributed by atoms with E-state index >= 15 is 0 Å². The van der Waals surface area contributed by atoms with Gasteiger partial charge in [-0.2, -0.15) is 0 Å². The molecule has 0 saturated carbocycles. The van der Waals surface area contributed by atoms with Crippen molar-refractivity contribution in [3.8, 4) is 11.5 Å². The summed E-state index contributed by atoms with van der Waals surface area (Å²) >= 11 is 0. The van der Waals surface area contributed by atoms with Gasteiger partial charge in [-0.3, -0.25) is 0 Å². The summed E-state index contributed by atoms with van der Waals surface area (Å²) in [6.07, 6.45) is -0.819. The lowest BCUT2D eigenvalue weighted by Crippen LogP contribution is -2.32. The number of halogens is 2. The molecule has 0 radical (unpaired) electrons. The maximum atomic E-state index is 14.3. The van der Waals surface area contributed by atoms with Gasteiger partial charge in [0.1, 0.15) is 41.9 Å². The van der Waals surface area contributed by atoms with Crippen molar-refractivity contribution in [2.75, 3.05) is 6.61 Å². The zero-order chi connectivity index (χ0) is 21.1. The number of rotatable bonds is 6. The fraction of sp³-hybridized carbons (Fsp3) is 0.280. The van der Waals surface area contributed by atoms with Crippen molar-refractivity contribution in [2.24, 2.45) is 0 Å². The summed E-state index contributed by atoms with van der Waals surface area (Å²) in [6, 6.07) is 19.1. The predicted octanol–water partition coefficient (Wildman–Crippen LogP) is 5.94. The van der Waals surface area contributed by atoms with Crippen molar-refractivity contribution in [2.45, 2.75) is 38.6 Å². The molecule has 3 nitrogen and oxygen atoms in total. The van der Waals surface area contributed by atoms with Crippen molar-refractivity contribution in [1.82, 2.24) is 0 Å². The highest BCUT2D eigenvalue weighted by molar-refractivity contribution is 5.28. The molecule has 0 bridgehead atoms. The second-order valence-corrected chi connectivity index (χ2v) is 7.66. The minimum atomic E-state index is -0.616. The van der Waals surface area contributed by atoms with Gasteiger partial charge in [-0.25, -0.2) is 8.78 Å². The monoisotopic (exact) mass is 410 g/mol. The SMILES string of the molecule is Cc1ccc(OC[C@H]2O[C@@H](c3ccc(F)cc3F)C[C@@H]2Oc2ccc(C)cc2)cc1. The van der Waals surface area contributed by atoms with Gasteiger partial charge in [0, 0.05) is 18.1 Å². The second kappa shape index (κ2) is 8.84. The highest BCUT2D eigenvalue weighted by Crippen LogP contribution is 2.37. The van der Waals surface area contributed by atoms with Gasteiger partial charge in [-0.05, 0) is 44.2 Å². The van der Waals surface area contributed by atoms with Crippen LogP contribution in [0.2, 0.25) is 0 Å². The van der Waals surface area contributed by atoms with Gasteiger partial charge in [0.05, 0.1) is 6.10 Å². The number of aryl methyl sites for hydroxylation is 2. The number of benzene rings is 3. The van der Waals surface area contributed by atoms with Crippen LogP contribution in [-0.4, -0.2) is 18.8 Å². The Balaban J connectivity index is 1.51. The first-order valence-corrected chi connectivity index (χ1v) is 10.0. The quantitative estimate of drug-likeness (QED) is 0.503. The molecule has 3 atom stereocenters. The van der Waals surface area contributed by atoms with Crippen molar-refractivity contribution in [3.05, 3.63) is 95.1 Å². The Morgan fingerprint density at radius 1 is 0.867 bits per heavy atom. The Morgan fingerprint density at radius 2 is 1.50 bits per heavy atom. The van der Waals surface area contributed by atoms with Gasteiger partial charge in [-0.1, -0.05) is 41.5 Å². The summed E-state index contributed by atoms with van der Waals surface area (Å²) in [7, 11) is 0. The predicted molar refractivity (Wildman–Crippen MR) is 111 cm³/mol. The summed E-state index contributed by atoms with van der Waals surface area (Å²) in [5.74, 6) is 0.222. The molecule has 0 N–H and O–H groups in total. The Hall–Kier alpha value is -2.92. The molecule has 1 saturated heterocycles. The average molecular weight is 410 g/mol. The van der Waals surface area contributed by atoms with Gasteiger partial charge in [-0.15, -0.1) is 0 Å². The van der Waals surface area contributed by atoms with E-state index in [0.717, 1.165) is 28.7 Å². The van der Waals surface area contributed by atoms with Crippen LogP contribution < -0.4 is 9.47 Å². The average Bonchev–Trinajstić information content (AvgIpc) is 3.11. The third kappa shape index (κ3) is 4.79. The van der Waals surface area contributed by atoms with Gasteiger partial charge < -0.3 is 14.2 Å². The number of hydrogen-bond donors (Lipinski definition) is 0. The van der Waals surface area contributed by atoms with Crippen LogP contribution in [0, 0.1) is 25.5 Å². The molecule has 1 fully saturated rings. The molecule has 1 aliphatic heterocycles. The first-order valence-electron chi connectivity index (χ1n) is 10.0. The zero-order valence-corrected chi connectivity index (χ0v) is 17.0. The van der Waals surface area contributed by atoms with Crippen LogP contribution in [0.25, 0.3) is 0 Å². The lowest BCUT2D eigenvalue weighted by atomic mass is 10.0. The van der Waals surface area contributed by atoms with E-state index in [2.05, 4.69) is 0 Å². The molecule has 156 valence electrons. The molecule has 4 rings (SSSR count). The highest BCUT2D eigenvalue weighted by Gasteiger charge is 2.39. The van der Waals surface area contributed by atoms with Crippen LogP contribution in [0.5, 0.6) is 11.5 Å². The minimum absolute atomic E-state index is 0.263. The Labute approximate surface area is 175 Å². The molecule has 5 heteroatoms. The molecule has 1 aliphatic rings. The summed E-state index contributed by atoms with van der Waals surface area (Å²) < 4.78 is 45.8. The molecule has 3 aromatic rings. The standard InChI is InChI=1S/C25H24F2O3/c1-16-3-8-19(9-4-16)28-15-25-24(29-20-10-5-17(2)6-11-20)14-23(30-25)21-12-7-18(26)13-22(21)27/h3-13,23-25H,14-15H2,1-2H3/t23-,24+,25-/m1/s1. The molecule has 0 aliphatic carbocycles. The molecular formula is C25H24F2O3. The third-order valence-electron chi connectivity index (χ3n) is 5.25. The Kier molecular flexibility index (Phi) is 6.00. The Bertz CT molecular complexity index is 986. The summed E-state index contributed by atoms with van der Waals surface area (Å²) in [5.41, 5.74) is 2.61. The summed E-state index contributed by atoms with van der Waals surface area (Å²) in [5, 5.41) is 0. The van der Waals surface area contributed by atoms with Crippen LogP contribution in [0.3, 0.4) is 0 Å². The minimum Gasteiger partial charge on any atom is -0.491 e.